The minimum absolute atomic E-state index is 0. The van der Waals surface area contributed by atoms with Crippen LogP contribution < -0.4 is 5.73 Å². The zero-order valence-electron chi connectivity index (χ0n) is 10.8. The summed E-state index contributed by atoms with van der Waals surface area (Å²) in [7, 11) is -3.55. The monoisotopic (exact) mass is 372 g/mol. The first-order chi connectivity index (χ1) is 8.23. The summed E-state index contributed by atoms with van der Waals surface area (Å²) in [5.41, 5.74) is 5.78. The van der Waals surface area contributed by atoms with E-state index in [9.17, 15) is 8.42 Å². The van der Waals surface area contributed by atoms with Gasteiger partial charge < -0.3 is 10.2 Å². The summed E-state index contributed by atoms with van der Waals surface area (Å²) in [6.45, 7) is 4.81. The van der Waals surface area contributed by atoms with Crippen molar-refractivity contribution in [2.45, 2.75) is 31.4 Å². The highest BCUT2D eigenvalue weighted by molar-refractivity contribution is 9.10. The van der Waals surface area contributed by atoms with Gasteiger partial charge in [0.05, 0.1) is 0 Å². The maximum atomic E-state index is 12.4. The van der Waals surface area contributed by atoms with Crippen molar-refractivity contribution in [3.63, 3.8) is 0 Å². The third kappa shape index (κ3) is 3.33. The molecule has 0 aromatic carbocycles. The molecule has 1 saturated heterocycles. The van der Waals surface area contributed by atoms with Gasteiger partial charge in [-0.05, 0) is 39.9 Å². The van der Waals surface area contributed by atoms with Crippen LogP contribution in [0.1, 0.15) is 20.3 Å². The highest BCUT2D eigenvalue weighted by Crippen LogP contribution is 2.32. The SMILES string of the molecule is CC1(C)CN(S(=O)(=O)c2ccc(Br)o2)CCC1N.Cl. The van der Waals surface area contributed by atoms with Gasteiger partial charge in [0.25, 0.3) is 10.0 Å². The van der Waals surface area contributed by atoms with Crippen molar-refractivity contribution in [2.24, 2.45) is 11.1 Å². The van der Waals surface area contributed by atoms with Gasteiger partial charge in [-0.2, -0.15) is 4.31 Å². The number of hydrogen-bond donors (Lipinski definition) is 1. The van der Waals surface area contributed by atoms with Gasteiger partial charge in [0, 0.05) is 19.1 Å². The van der Waals surface area contributed by atoms with Crippen molar-refractivity contribution in [1.29, 1.82) is 0 Å². The quantitative estimate of drug-likeness (QED) is 0.862. The fourth-order valence-electron chi connectivity index (χ4n) is 2.09. The van der Waals surface area contributed by atoms with Gasteiger partial charge in [-0.1, -0.05) is 13.8 Å². The van der Waals surface area contributed by atoms with Crippen molar-refractivity contribution in [3.05, 3.63) is 16.8 Å². The smallest absolute Gasteiger partial charge is 0.276 e. The van der Waals surface area contributed by atoms with Gasteiger partial charge in [0.1, 0.15) is 0 Å². The molecule has 2 rings (SSSR count). The number of furan rings is 1. The van der Waals surface area contributed by atoms with Crippen molar-refractivity contribution in [2.75, 3.05) is 13.1 Å². The Labute approximate surface area is 128 Å². The molecule has 1 unspecified atom stereocenters. The van der Waals surface area contributed by atoms with Crippen LogP contribution in [0.3, 0.4) is 0 Å². The zero-order chi connectivity index (χ0) is 13.6. The number of nitrogens with zero attached hydrogens (tertiary/aromatic N) is 1. The summed E-state index contributed by atoms with van der Waals surface area (Å²) in [4.78, 5) is 0. The molecule has 0 radical (unpaired) electrons. The van der Waals surface area contributed by atoms with Crippen LogP contribution >= 0.6 is 28.3 Å². The molecule has 1 aromatic heterocycles. The van der Waals surface area contributed by atoms with E-state index in [1.54, 1.807) is 6.07 Å². The molecule has 1 aliphatic rings. The average molecular weight is 374 g/mol. The molecule has 0 aliphatic carbocycles. The molecular weight excluding hydrogens is 356 g/mol. The third-order valence-electron chi connectivity index (χ3n) is 3.42. The second-order valence-corrected chi connectivity index (χ2v) is 7.93. The van der Waals surface area contributed by atoms with Gasteiger partial charge in [-0.25, -0.2) is 8.42 Å². The molecule has 1 fully saturated rings. The normalized spacial score (nSPS) is 23.9. The lowest BCUT2D eigenvalue weighted by molar-refractivity contribution is 0.154. The number of piperidine rings is 1. The largest absolute Gasteiger partial charge is 0.437 e. The summed E-state index contributed by atoms with van der Waals surface area (Å²) in [5, 5.41) is -0.0272. The molecule has 2 heterocycles. The van der Waals surface area contributed by atoms with Gasteiger partial charge in [0.2, 0.25) is 5.09 Å². The van der Waals surface area contributed by atoms with Crippen LogP contribution in [0, 0.1) is 5.41 Å². The zero-order valence-corrected chi connectivity index (χ0v) is 14.0. The molecule has 1 aromatic rings. The Hall–Kier alpha value is -0.0800. The fourth-order valence-corrected chi connectivity index (χ4v) is 4.05. The van der Waals surface area contributed by atoms with Gasteiger partial charge >= 0.3 is 0 Å². The summed E-state index contributed by atoms with van der Waals surface area (Å²) in [5.74, 6) is 0. The molecule has 2 N–H and O–H groups in total. The number of nitrogens with two attached hydrogens (primary N) is 1. The number of sulfonamides is 1. The summed E-state index contributed by atoms with van der Waals surface area (Å²) in [6.07, 6.45) is 0.661. The maximum Gasteiger partial charge on any atom is 0.276 e. The predicted molar refractivity (Wildman–Crippen MR) is 78.8 cm³/mol. The fraction of sp³-hybridized carbons (Fsp3) is 0.636. The topological polar surface area (TPSA) is 76.5 Å². The highest BCUT2D eigenvalue weighted by atomic mass is 79.9. The molecule has 1 atom stereocenters. The van der Waals surface area contributed by atoms with Crippen LogP contribution in [0.5, 0.6) is 0 Å². The summed E-state index contributed by atoms with van der Waals surface area (Å²) in [6, 6.07) is 3.06. The van der Waals surface area contributed by atoms with Crippen molar-refractivity contribution >= 4 is 38.4 Å². The molecular formula is C11H18BrClN2O3S. The van der Waals surface area contributed by atoms with Crippen molar-refractivity contribution in [1.82, 2.24) is 4.31 Å². The van der Waals surface area contributed by atoms with E-state index in [0.717, 1.165) is 0 Å². The Balaban J connectivity index is 0.00000180. The molecule has 0 spiro atoms. The molecule has 1 aliphatic heterocycles. The summed E-state index contributed by atoms with van der Waals surface area (Å²) < 4.78 is 31.7. The van der Waals surface area contributed by atoms with Crippen LogP contribution in [-0.4, -0.2) is 31.9 Å². The van der Waals surface area contributed by atoms with Gasteiger partial charge in [-0.15, -0.1) is 12.4 Å². The van der Waals surface area contributed by atoms with E-state index in [1.165, 1.54) is 10.4 Å². The molecule has 110 valence electrons. The van der Waals surface area contributed by atoms with Crippen LogP contribution in [0.25, 0.3) is 0 Å². The Morgan fingerprint density at radius 1 is 1.47 bits per heavy atom. The second-order valence-electron chi connectivity index (χ2n) is 5.28. The minimum atomic E-state index is -3.55. The Morgan fingerprint density at radius 2 is 2.11 bits per heavy atom. The first-order valence-electron chi connectivity index (χ1n) is 5.74. The lowest BCUT2D eigenvalue weighted by Crippen LogP contribution is -2.53. The Bertz CT molecular complexity index is 544. The molecule has 8 heteroatoms. The lowest BCUT2D eigenvalue weighted by atomic mass is 9.81. The van der Waals surface area contributed by atoms with Crippen LogP contribution in [0.4, 0.5) is 0 Å². The summed E-state index contributed by atoms with van der Waals surface area (Å²) >= 11 is 3.11. The van der Waals surface area contributed by atoms with Gasteiger partial charge in [-0.3, -0.25) is 0 Å². The maximum absolute atomic E-state index is 12.4. The van der Waals surface area contributed by atoms with Crippen LogP contribution in [0.15, 0.2) is 26.3 Å². The molecule has 19 heavy (non-hydrogen) atoms. The number of rotatable bonds is 2. The predicted octanol–water partition coefficient (Wildman–Crippen LogP) is 2.21. The molecule has 0 bridgehead atoms. The van der Waals surface area contributed by atoms with Crippen molar-refractivity contribution in [3.8, 4) is 0 Å². The standard InChI is InChI=1S/C11H17BrN2O3S.ClH/c1-11(2)7-14(6-5-8(11)13)18(15,16)10-4-3-9(12)17-10;/h3-4,8H,5-7,13H2,1-2H3;1H. The molecule has 0 saturated carbocycles. The number of hydrogen-bond acceptors (Lipinski definition) is 4. The lowest BCUT2D eigenvalue weighted by Gasteiger charge is -2.41. The first kappa shape index (κ1) is 17.0. The Morgan fingerprint density at radius 3 is 2.58 bits per heavy atom. The molecule has 0 amide bonds. The molecule has 5 nitrogen and oxygen atoms in total. The second kappa shape index (κ2) is 5.73. The highest BCUT2D eigenvalue weighted by Gasteiger charge is 2.39. The third-order valence-corrected chi connectivity index (χ3v) is 5.57. The minimum Gasteiger partial charge on any atom is -0.437 e. The van der Waals surface area contributed by atoms with Crippen LogP contribution in [-0.2, 0) is 10.0 Å². The van der Waals surface area contributed by atoms with E-state index in [2.05, 4.69) is 15.9 Å². The van der Waals surface area contributed by atoms with Crippen LogP contribution in [0.2, 0.25) is 0 Å². The number of halogens is 2. The van der Waals surface area contributed by atoms with E-state index in [0.29, 0.717) is 24.2 Å². The van der Waals surface area contributed by atoms with Gasteiger partial charge in [0.15, 0.2) is 4.67 Å². The van der Waals surface area contributed by atoms with E-state index in [1.807, 2.05) is 13.8 Å². The van der Waals surface area contributed by atoms with E-state index >= 15 is 0 Å². The van der Waals surface area contributed by atoms with Crippen molar-refractivity contribution < 1.29 is 12.8 Å². The Kier molecular flexibility index (Phi) is 5.12. The van der Waals surface area contributed by atoms with E-state index < -0.39 is 10.0 Å². The first-order valence-corrected chi connectivity index (χ1v) is 7.98. The van der Waals surface area contributed by atoms with E-state index in [4.69, 9.17) is 10.2 Å². The average Bonchev–Trinajstić information content (AvgIpc) is 2.69. The van der Waals surface area contributed by atoms with E-state index in [-0.39, 0.29) is 29.0 Å².